The van der Waals surface area contributed by atoms with Crippen molar-refractivity contribution in [2.24, 2.45) is 0 Å². The molecule has 2 aromatic heterocycles. The number of hydrogen-bond donors (Lipinski definition) is 2. The molecule has 2 N–H and O–H groups in total. The van der Waals surface area contributed by atoms with Crippen LogP contribution in [-0.4, -0.2) is 85.0 Å². The van der Waals surface area contributed by atoms with Gasteiger partial charge in [0, 0.05) is 66.6 Å². The number of anilines is 1. The van der Waals surface area contributed by atoms with E-state index < -0.39 is 23.3 Å². The van der Waals surface area contributed by atoms with Gasteiger partial charge in [0.25, 0.3) is 0 Å². The quantitative estimate of drug-likeness (QED) is 0.249. The van der Waals surface area contributed by atoms with Crippen LogP contribution in [0.3, 0.4) is 0 Å². The molecule has 222 valence electrons. The fourth-order valence-electron chi connectivity index (χ4n) is 4.99. The zero-order valence-electron chi connectivity index (χ0n) is 22.7. The van der Waals surface area contributed by atoms with E-state index in [-0.39, 0.29) is 10.9 Å². The topological polar surface area (TPSA) is 117 Å². The lowest BCUT2D eigenvalue weighted by Gasteiger charge is -2.37. The summed E-state index contributed by atoms with van der Waals surface area (Å²) in [6, 6.07) is 8.06. The number of aromatic carboxylic acids is 1. The van der Waals surface area contributed by atoms with Crippen molar-refractivity contribution in [3.05, 3.63) is 80.1 Å². The van der Waals surface area contributed by atoms with Crippen molar-refractivity contribution in [2.75, 3.05) is 43.4 Å². The maximum atomic E-state index is 15.2. The standard InChI is InChI=1S/C28H29Cl2FN6O4S/c1-2-35-14-21(27(40)41)26(39)20-10-23(31)25(11-24(20)35)36-7-5-34(6-8-36)13-19(38)15-42-28-32-16-37(33-28)12-17-3-4-18(29)9-22(17)30/h3-4,9-11,14,16,19,38H,2,5-8,12-13,15H2,1H3,(H,40,41). The van der Waals surface area contributed by atoms with Crippen molar-refractivity contribution in [2.45, 2.75) is 31.3 Å². The monoisotopic (exact) mass is 634 g/mol. The van der Waals surface area contributed by atoms with Crippen molar-refractivity contribution in [3.63, 3.8) is 0 Å². The first-order valence-corrected chi connectivity index (χ1v) is 15.1. The number of aliphatic hydroxyl groups is 1. The average molecular weight is 636 g/mol. The zero-order valence-corrected chi connectivity index (χ0v) is 25.0. The van der Waals surface area contributed by atoms with Crippen LogP contribution in [-0.2, 0) is 13.1 Å². The number of rotatable bonds is 10. The summed E-state index contributed by atoms with van der Waals surface area (Å²) in [5.41, 5.74) is 0.652. The third-order valence-electron chi connectivity index (χ3n) is 7.17. The molecule has 1 atom stereocenters. The first-order chi connectivity index (χ1) is 20.1. The van der Waals surface area contributed by atoms with Crippen LogP contribution in [0.15, 0.2) is 52.8 Å². The number of piperazine rings is 1. The van der Waals surface area contributed by atoms with Crippen LogP contribution in [0, 0.1) is 5.82 Å². The fraction of sp³-hybridized carbons (Fsp3) is 0.357. The number of carbonyl (C=O) groups is 1. The number of aryl methyl sites for hydroxylation is 1. The molecule has 3 heterocycles. The molecule has 0 radical (unpaired) electrons. The molecule has 1 unspecified atom stereocenters. The van der Waals surface area contributed by atoms with Gasteiger partial charge >= 0.3 is 5.97 Å². The minimum atomic E-state index is -1.34. The molecule has 4 aromatic rings. The van der Waals surface area contributed by atoms with Crippen LogP contribution in [0.1, 0.15) is 22.8 Å². The molecule has 1 saturated heterocycles. The van der Waals surface area contributed by atoms with E-state index in [9.17, 15) is 19.8 Å². The fourth-order valence-corrected chi connectivity index (χ4v) is 6.19. The van der Waals surface area contributed by atoms with Gasteiger partial charge in [-0.3, -0.25) is 9.69 Å². The Bertz CT molecular complexity index is 1670. The lowest BCUT2D eigenvalue weighted by molar-refractivity contribution is 0.0694. The predicted molar refractivity (Wildman–Crippen MR) is 162 cm³/mol. The Kier molecular flexibility index (Phi) is 9.38. The second-order valence-electron chi connectivity index (χ2n) is 10.00. The van der Waals surface area contributed by atoms with Crippen molar-refractivity contribution in [1.29, 1.82) is 0 Å². The number of pyridine rings is 1. The summed E-state index contributed by atoms with van der Waals surface area (Å²) in [7, 11) is 0. The molecule has 10 nitrogen and oxygen atoms in total. The van der Waals surface area contributed by atoms with E-state index in [2.05, 4.69) is 15.0 Å². The Balaban J connectivity index is 1.15. The van der Waals surface area contributed by atoms with Gasteiger partial charge in [-0.1, -0.05) is 41.0 Å². The number of aliphatic hydroxyl groups excluding tert-OH is 1. The van der Waals surface area contributed by atoms with Crippen LogP contribution in [0.5, 0.6) is 0 Å². The number of halogens is 3. The maximum absolute atomic E-state index is 15.2. The molecule has 0 bridgehead atoms. The summed E-state index contributed by atoms with van der Waals surface area (Å²) in [4.78, 5) is 32.5. The normalized spacial score (nSPS) is 14.9. The first kappa shape index (κ1) is 30.3. The molecule has 0 saturated carbocycles. The molecule has 0 spiro atoms. The summed E-state index contributed by atoms with van der Waals surface area (Å²) in [6.07, 6.45) is 2.32. The Morgan fingerprint density at radius 1 is 1.17 bits per heavy atom. The number of carboxylic acids is 1. The van der Waals surface area contributed by atoms with Gasteiger partial charge in [0.2, 0.25) is 10.6 Å². The Labute approximate surface area is 255 Å². The lowest BCUT2D eigenvalue weighted by Crippen LogP contribution is -2.49. The molecule has 14 heteroatoms. The number of hydrogen-bond acceptors (Lipinski definition) is 8. The van der Waals surface area contributed by atoms with Gasteiger partial charge in [0.1, 0.15) is 17.7 Å². The molecule has 42 heavy (non-hydrogen) atoms. The summed E-state index contributed by atoms with van der Waals surface area (Å²) in [6.45, 7) is 5.47. The van der Waals surface area contributed by atoms with Crippen LogP contribution < -0.4 is 10.3 Å². The number of thioether (sulfide) groups is 1. The van der Waals surface area contributed by atoms with Gasteiger partial charge in [0.05, 0.1) is 23.9 Å². The summed E-state index contributed by atoms with van der Waals surface area (Å²) >= 11 is 13.6. The van der Waals surface area contributed by atoms with Crippen molar-refractivity contribution in [3.8, 4) is 0 Å². The van der Waals surface area contributed by atoms with Gasteiger partial charge in [-0.25, -0.2) is 18.9 Å². The average Bonchev–Trinajstić information content (AvgIpc) is 3.41. The van der Waals surface area contributed by atoms with Gasteiger partial charge in [-0.2, -0.15) is 0 Å². The second-order valence-corrected chi connectivity index (χ2v) is 11.8. The Morgan fingerprint density at radius 2 is 1.93 bits per heavy atom. The molecule has 0 amide bonds. The smallest absolute Gasteiger partial charge is 0.341 e. The van der Waals surface area contributed by atoms with Crippen LogP contribution in [0.4, 0.5) is 10.1 Å². The zero-order chi connectivity index (χ0) is 30.0. The van der Waals surface area contributed by atoms with E-state index in [4.69, 9.17) is 23.2 Å². The van der Waals surface area contributed by atoms with Crippen molar-refractivity contribution < 1.29 is 19.4 Å². The van der Waals surface area contributed by atoms with E-state index >= 15 is 4.39 Å². The third-order valence-corrected chi connectivity index (χ3v) is 8.75. The van der Waals surface area contributed by atoms with Crippen LogP contribution in [0.2, 0.25) is 10.0 Å². The second kappa shape index (κ2) is 13.0. The molecule has 1 fully saturated rings. The molecular formula is C28H29Cl2FN6O4S. The predicted octanol–water partition coefficient (Wildman–Crippen LogP) is 4.08. The van der Waals surface area contributed by atoms with E-state index in [0.29, 0.717) is 78.0 Å². The molecule has 2 aromatic carbocycles. The van der Waals surface area contributed by atoms with Crippen molar-refractivity contribution in [1.82, 2.24) is 24.2 Å². The SMILES string of the molecule is CCn1cc(C(=O)O)c(=O)c2cc(F)c(N3CCN(CC(O)CSc4ncn(Cc5ccc(Cl)cc5Cl)n4)CC3)cc21. The highest BCUT2D eigenvalue weighted by Crippen LogP contribution is 2.27. The summed E-state index contributed by atoms with van der Waals surface area (Å²) < 4.78 is 18.5. The maximum Gasteiger partial charge on any atom is 0.341 e. The molecule has 1 aliphatic heterocycles. The van der Waals surface area contributed by atoms with E-state index in [0.717, 1.165) is 11.6 Å². The number of fused-ring (bicyclic) bond motifs is 1. The van der Waals surface area contributed by atoms with Gasteiger partial charge in [0.15, 0.2) is 0 Å². The highest BCUT2D eigenvalue weighted by atomic mass is 35.5. The summed E-state index contributed by atoms with van der Waals surface area (Å²) in [5, 5.41) is 26.2. The lowest BCUT2D eigenvalue weighted by atomic mass is 10.1. The van der Waals surface area contributed by atoms with E-state index in [1.807, 2.05) is 17.9 Å². The largest absolute Gasteiger partial charge is 0.477 e. The minimum absolute atomic E-state index is 0.0466. The first-order valence-electron chi connectivity index (χ1n) is 13.3. The number of carboxylic acid groups (broad SMARTS) is 1. The molecular weight excluding hydrogens is 606 g/mol. The third kappa shape index (κ3) is 6.73. The van der Waals surface area contributed by atoms with Crippen LogP contribution >= 0.6 is 35.0 Å². The number of nitrogens with zero attached hydrogens (tertiary/aromatic N) is 6. The highest BCUT2D eigenvalue weighted by Gasteiger charge is 2.24. The molecule has 0 aliphatic carbocycles. The molecule has 5 rings (SSSR count). The van der Waals surface area contributed by atoms with Gasteiger partial charge in [-0.05, 0) is 36.8 Å². The number of β-amino-alcohol motifs (C(OH)–C–C–N with tert-alkyl or cyclic N) is 1. The van der Waals surface area contributed by atoms with E-state index in [1.54, 1.807) is 33.8 Å². The van der Waals surface area contributed by atoms with E-state index in [1.165, 1.54) is 18.0 Å². The van der Waals surface area contributed by atoms with Crippen LogP contribution in [0.25, 0.3) is 10.9 Å². The number of benzene rings is 2. The Morgan fingerprint density at radius 3 is 2.62 bits per heavy atom. The van der Waals surface area contributed by atoms with Gasteiger partial charge < -0.3 is 19.7 Å². The minimum Gasteiger partial charge on any atom is -0.477 e. The van der Waals surface area contributed by atoms with Gasteiger partial charge in [-0.15, -0.1) is 5.10 Å². The number of aromatic nitrogens is 4. The Hall–Kier alpha value is -3.16. The van der Waals surface area contributed by atoms with Crippen molar-refractivity contribution >= 4 is 57.5 Å². The highest BCUT2D eigenvalue weighted by molar-refractivity contribution is 7.99. The molecule has 1 aliphatic rings. The summed E-state index contributed by atoms with van der Waals surface area (Å²) in [5.74, 6) is -1.49.